The maximum absolute atomic E-state index is 11.9. The van der Waals surface area contributed by atoms with Crippen molar-refractivity contribution in [1.82, 2.24) is 10.2 Å². The van der Waals surface area contributed by atoms with Gasteiger partial charge in [0.25, 0.3) is 0 Å². The van der Waals surface area contributed by atoms with Crippen molar-refractivity contribution in [1.29, 1.82) is 0 Å². The monoisotopic (exact) mass is 242 g/mol. The molecule has 1 aliphatic carbocycles. The molecule has 1 saturated carbocycles. The molecule has 0 aromatic rings. The van der Waals surface area contributed by atoms with Gasteiger partial charge >= 0.3 is 12.0 Å². The summed E-state index contributed by atoms with van der Waals surface area (Å²) in [6.45, 7) is 3.97. The standard InChI is InChI=1S/C11H18N2O4/c1-11(2-3-11)8(9(14)15)12-10(16)13-4-6-17-7-5-13/h8H,2-7H2,1H3,(H,12,16)(H,14,15). The van der Waals surface area contributed by atoms with Gasteiger partial charge in [-0.2, -0.15) is 0 Å². The molecule has 2 rings (SSSR count). The van der Waals surface area contributed by atoms with Crippen molar-refractivity contribution < 1.29 is 19.4 Å². The normalized spacial score (nSPS) is 23.9. The van der Waals surface area contributed by atoms with Gasteiger partial charge in [-0.15, -0.1) is 0 Å². The molecular weight excluding hydrogens is 224 g/mol. The molecule has 1 aliphatic heterocycles. The number of hydrogen-bond donors (Lipinski definition) is 2. The summed E-state index contributed by atoms with van der Waals surface area (Å²) in [5.74, 6) is -0.952. The number of ether oxygens (including phenoxy) is 1. The first-order valence-corrected chi connectivity index (χ1v) is 5.89. The lowest BCUT2D eigenvalue weighted by Gasteiger charge is -2.29. The van der Waals surface area contributed by atoms with Gasteiger partial charge in [-0.3, -0.25) is 0 Å². The lowest BCUT2D eigenvalue weighted by atomic mass is 9.99. The van der Waals surface area contributed by atoms with E-state index >= 15 is 0 Å². The molecular formula is C11H18N2O4. The summed E-state index contributed by atoms with van der Waals surface area (Å²) in [5, 5.41) is 11.8. The molecule has 2 N–H and O–H groups in total. The Kier molecular flexibility index (Phi) is 3.24. The van der Waals surface area contributed by atoms with Crippen LogP contribution < -0.4 is 5.32 Å². The lowest BCUT2D eigenvalue weighted by Crippen LogP contribution is -2.53. The molecule has 1 unspecified atom stereocenters. The predicted octanol–water partition coefficient (Wildman–Crippen LogP) is 0.281. The average Bonchev–Trinajstić information content (AvgIpc) is 3.05. The maximum Gasteiger partial charge on any atom is 0.326 e. The Morgan fingerprint density at radius 1 is 1.35 bits per heavy atom. The van der Waals surface area contributed by atoms with Crippen LogP contribution in [0.5, 0.6) is 0 Å². The second-order valence-corrected chi connectivity index (χ2v) is 4.97. The van der Waals surface area contributed by atoms with Crippen LogP contribution in [0.2, 0.25) is 0 Å². The summed E-state index contributed by atoms with van der Waals surface area (Å²) in [7, 11) is 0. The number of carboxylic acid groups (broad SMARTS) is 1. The molecule has 2 fully saturated rings. The molecule has 0 radical (unpaired) electrons. The molecule has 0 aromatic carbocycles. The third kappa shape index (κ3) is 2.69. The van der Waals surface area contributed by atoms with Crippen molar-refractivity contribution in [3.8, 4) is 0 Å². The molecule has 17 heavy (non-hydrogen) atoms. The van der Waals surface area contributed by atoms with E-state index in [1.165, 1.54) is 0 Å². The van der Waals surface area contributed by atoms with E-state index in [1.807, 2.05) is 6.92 Å². The second-order valence-electron chi connectivity index (χ2n) is 4.97. The quantitative estimate of drug-likeness (QED) is 0.745. The van der Waals surface area contributed by atoms with Gasteiger partial charge in [0.05, 0.1) is 13.2 Å². The van der Waals surface area contributed by atoms with Crippen LogP contribution in [-0.4, -0.2) is 54.4 Å². The Morgan fingerprint density at radius 2 is 1.94 bits per heavy atom. The minimum atomic E-state index is -0.952. The van der Waals surface area contributed by atoms with E-state index in [1.54, 1.807) is 4.90 Å². The van der Waals surface area contributed by atoms with E-state index in [0.29, 0.717) is 26.3 Å². The topological polar surface area (TPSA) is 78.9 Å². The molecule has 1 heterocycles. The summed E-state index contributed by atoms with van der Waals surface area (Å²) < 4.78 is 5.14. The number of urea groups is 1. The predicted molar refractivity (Wildman–Crippen MR) is 59.7 cm³/mol. The first kappa shape index (κ1) is 12.2. The molecule has 1 saturated heterocycles. The van der Waals surface area contributed by atoms with Crippen LogP contribution in [-0.2, 0) is 9.53 Å². The summed E-state index contributed by atoms with van der Waals surface area (Å²) in [4.78, 5) is 24.6. The SMILES string of the molecule is CC1(C(NC(=O)N2CCOCC2)C(=O)O)CC1. The van der Waals surface area contributed by atoms with Crippen LogP contribution in [0.4, 0.5) is 4.79 Å². The van der Waals surface area contributed by atoms with Crippen molar-refractivity contribution in [2.24, 2.45) is 5.41 Å². The Balaban J connectivity index is 1.93. The number of morpholine rings is 1. The molecule has 0 spiro atoms. The number of aliphatic carboxylic acids is 1. The number of rotatable bonds is 3. The fourth-order valence-corrected chi connectivity index (χ4v) is 2.00. The van der Waals surface area contributed by atoms with Gasteiger partial charge in [0.2, 0.25) is 0 Å². The van der Waals surface area contributed by atoms with Crippen molar-refractivity contribution in [2.75, 3.05) is 26.3 Å². The van der Waals surface area contributed by atoms with Gasteiger partial charge in [0.1, 0.15) is 6.04 Å². The zero-order valence-corrected chi connectivity index (χ0v) is 9.94. The fraction of sp³-hybridized carbons (Fsp3) is 0.818. The third-order valence-electron chi connectivity index (χ3n) is 3.55. The maximum atomic E-state index is 11.9. The molecule has 6 nitrogen and oxygen atoms in total. The van der Waals surface area contributed by atoms with Crippen molar-refractivity contribution in [2.45, 2.75) is 25.8 Å². The molecule has 1 atom stereocenters. The van der Waals surface area contributed by atoms with Crippen molar-refractivity contribution in [3.05, 3.63) is 0 Å². The minimum absolute atomic E-state index is 0.270. The highest BCUT2D eigenvalue weighted by atomic mass is 16.5. The van der Waals surface area contributed by atoms with Crippen molar-refractivity contribution >= 4 is 12.0 Å². The smallest absolute Gasteiger partial charge is 0.326 e. The number of amides is 2. The summed E-state index contributed by atoms with van der Waals surface area (Å²) in [6.07, 6.45) is 1.71. The highest BCUT2D eigenvalue weighted by Gasteiger charge is 2.49. The number of carboxylic acids is 1. The zero-order valence-electron chi connectivity index (χ0n) is 9.94. The van der Waals surface area contributed by atoms with Crippen LogP contribution >= 0.6 is 0 Å². The third-order valence-corrected chi connectivity index (χ3v) is 3.55. The minimum Gasteiger partial charge on any atom is -0.480 e. The van der Waals surface area contributed by atoms with Gasteiger partial charge in [0.15, 0.2) is 0 Å². The molecule has 0 bridgehead atoms. The second kappa shape index (κ2) is 4.52. The number of hydrogen-bond acceptors (Lipinski definition) is 3. The Morgan fingerprint density at radius 3 is 2.41 bits per heavy atom. The molecule has 2 aliphatic rings. The number of carbonyl (C=O) groups is 2. The molecule has 96 valence electrons. The van der Waals surface area contributed by atoms with E-state index in [4.69, 9.17) is 9.84 Å². The molecule has 2 amide bonds. The Labute approximate surface area is 99.9 Å². The zero-order chi connectivity index (χ0) is 12.5. The molecule has 0 aromatic heterocycles. The van der Waals surface area contributed by atoms with Crippen LogP contribution in [0.1, 0.15) is 19.8 Å². The van der Waals surface area contributed by atoms with Gasteiger partial charge in [-0.25, -0.2) is 9.59 Å². The van der Waals surface area contributed by atoms with Crippen LogP contribution in [0, 0.1) is 5.41 Å². The van der Waals surface area contributed by atoms with E-state index in [2.05, 4.69) is 5.32 Å². The summed E-state index contributed by atoms with van der Waals surface area (Å²) in [6, 6.07) is -1.08. The summed E-state index contributed by atoms with van der Waals surface area (Å²) >= 11 is 0. The van der Waals surface area contributed by atoms with Gasteiger partial charge in [0, 0.05) is 13.1 Å². The Hall–Kier alpha value is -1.30. The first-order chi connectivity index (χ1) is 8.03. The number of nitrogens with zero attached hydrogens (tertiary/aromatic N) is 1. The average molecular weight is 242 g/mol. The van der Waals surface area contributed by atoms with E-state index in [9.17, 15) is 9.59 Å². The van der Waals surface area contributed by atoms with E-state index in [0.717, 1.165) is 12.8 Å². The van der Waals surface area contributed by atoms with E-state index in [-0.39, 0.29) is 11.4 Å². The highest BCUT2D eigenvalue weighted by Crippen LogP contribution is 2.48. The van der Waals surface area contributed by atoms with Crippen LogP contribution in [0.15, 0.2) is 0 Å². The first-order valence-electron chi connectivity index (χ1n) is 5.89. The van der Waals surface area contributed by atoms with Gasteiger partial charge in [-0.05, 0) is 18.3 Å². The van der Waals surface area contributed by atoms with Crippen LogP contribution in [0.3, 0.4) is 0 Å². The number of nitrogens with one attached hydrogen (secondary N) is 1. The van der Waals surface area contributed by atoms with Gasteiger partial charge in [-0.1, -0.05) is 6.92 Å². The fourth-order valence-electron chi connectivity index (χ4n) is 2.00. The largest absolute Gasteiger partial charge is 0.480 e. The lowest BCUT2D eigenvalue weighted by molar-refractivity contribution is -0.141. The van der Waals surface area contributed by atoms with Crippen molar-refractivity contribution in [3.63, 3.8) is 0 Å². The van der Waals surface area contributed by atoms with Crippen LogP contribution in [0.25, 0.3) is 0 Å². The molecule has 6 heteroatoms. The number of carbonyl (C=O) groups excluding carboxylic acids is 1. The highest BCUT2D eigenvalue weighted by molar-refractivity contribution is 5.83. The van der Waals surface area contributed by atoms with Gasteiger partial charge < -0.3 is 20.1 Å². The summed E-state index contributed by atoms with van der Waals surface area (Å²) in [5.41, 5.74) is -0.270. The Bertz CT molecular complexity index is 321. The van der Waals surface area contributed by atoms with E-state index < -0.39 is 12.0 Å².